The van der Waals surface area contributed by atoms with E-state index in [2.05, 4.69) is 0 Å². The van der Waals surface area contributed by atoms with Gasteiger partial charge in [0, 0.05) is 45.8 Å². The van der Waals surface area contributed by atoms with Crippen LogP contribution in [0.3, 0.4) is 0 Å². The number of rotatable bonds is 11. The van der Waals surface area contributed by atoms with Crippen LogP contribution in [0.5, 0.6) is 0 Å². The molecule has 0 saturated carbocycles. The average molecular weight is 523 g/mol. The fourth-order valence-corrected chi connectivity index (χ4v) is 7.74. The lowest BCUT2D eigenvalue weighted by Crippen LogP contribution is -2.59. The van der Waals surface area contributed by atoms with Gasteiger partial charge >= 0.3 is 17.6 Å². The summed E-state index contributed by atoms with van der Waals surface area (Å²) in [4.78, 5) is 33.7. The van der Waals surface area contributed by atoms with Crippen LogP contribution in [0.4, 0.5) is 0 Å². The maximum absolute atomic E-state index is 11.2. The van der Waals surface area contributed by atoms with Gasteiger partial charge in [-0.05, 0) is 20.8 Å². The quantitative estimate of drug-likeness (QED) is 0.411. The van der Waals surface area contributed by atoms with Crippen LogP contribution in [0.1, 0.15) is 41.5 Å². The van der Waals surface area contributed by atoms with Crippen LogP contribution >= 0.6 is 0 Å². The van der Waals surface area contributed by atoms with Gasteiger partial charge < -0.3 is 26.6 Å². The van der Waals surface area contributed by atoms with E-state index < -0.39 is 35.5 Å². The summed E-state index contributed by atoms with van der Waals surface area (Å²) < 4.78 is 32.6. The Morgan fingerprint density at radius 1 is 0.543 bits per heavy atom. The second kappa shape index (κ2) is 15.2. The highest BCUT2D eigenvalue weighted by molar-refractivity contribution is 6.79. The van der Waals surface area contributed by atoms with Gasteiger partial charge in [0.15, 0.2) is 0 Å². The molecule has 0 bridgehead atoms. The lowest BCUT2D eigenvalue weighted by molar-refractivity contribution is -0.146. The number of carbonyl (C=O) groups excluding carboxylic acids is 3. The first kappa shape index (κ1) is 30.2. The van der Waals surface area contributed by atoms with Crippen molar-refractivity contribution in [2.75, 3.05) is 19.8 Å². The van der Waals surface area contributed by atoms with Crippen molar-refractivity contribution in [3.8, 4) is 0 Å². The third-order valence-electron chi connectivity index (χ3n) is 4.09. The summed E-state index contributed by atoms with van der Waals surface area (Å²) in [7, 11) is -6.58. The predicted octanol–water partition coefficient (Wildman–Crippen LogP) is 2.46. The Hall–Kier alpha value is -2.84. The van der Waals surface area contributed by atoms with E-state index in [9.17, 15) is 14.4 Å². The van der Waals surface area contributed by atoms with Crippen molar-refractivity contribution in [2.45, 2.75) is 41.5 Å². The largest absolute Gasteiger partial charge is 0.742 e. The molecule has 0 atom stereocenters. The molecule has 0 aliphatic heterocycles. The molecule has 0 aliphatic rings. The molecular weight excluding hydrogens is 488 g/mol. The van der Waals surface area contributed by atoms with E-state index in [0.717, 1.165) is 26.0 Å². The van der Waals surface area contributed by atoms with Crippen molar-refractivity contribution in [3.05, 3.63) is 60.7 Å². The minimum absolute atomic E-state index is 0.357. The van der Waals surface area contributed by atoms with Crippen LogP contribution < -0.4 is 10.4 Å². The number of hydrogen-bond acceptors (Lipinski definition) is 9. The zero-order valence-electron chi connectivity index (χ0n) is 21.1. The summed E-state index contributed by atoms with van der Waals surface area (Å²) in [5, 5.41) is 1.39. The van der Waals surface area contributed by atoms with Crippen molar-refractivity contribution in [1.82, 2.24) is 0 Å². The first-order valence-electron chi connectivity index (χ1n) is 11.3. The summed E-state index contributed by atoms with van der Waals surface area (Å²) in [6, 6.07) is 18.1. The first-order valence-corrected chi connectivity index (χ1v) is 14.7. The maximum atomic E-state index is 11.2. The molecule has 11 heteroatoms. The van der Waals surface area contributed by atoms with E-state index in [0.29, 0.717) is 25.0 Å². The standard InChI is InChI=1S/C12H14O6Si.C12H20O3Si/c1-9(13)16-19(17-10(2)14,18-11(3)15)12-7-5-4-6-8-12;1-4-13-16(14-5-2,15-6-3)12-10-8-7-9-11-12/h4-8H,1-3H3;7-11H,4-6H2,1-3H3. The van der Waals surface area contributed by atoms with Gasteiger partial charge in [-0.15, -0.1) is 0 Å². The van der Waals surface area contributed by atoms with Crippen LogP contribution in [0.2, 0.25) is 0 Å². The Morgan fingerprint density at radius 2 is 0.829 bits per heavy atom. The first-order chi connectivity index (χ1) is 16.6. The second-order valence-electron chi connectivity index (χ2n) is 6.92. The predicted molar refractivity (Wildman–Crippen MR) is 134 cm³/mol. The van der Waals surface area contributed by atoms with E-state index >= 15 is 0 Å². The summed E-state index contributed by atoms with van der Waals surface area (Å²) in [5.74, 6) is -2.09. The van der Waals surface area contributed by atoms with E-state index in [1.807, 2.05) is 51.1 Å². The molecular formula is C24H34O9Si2. The molecule has 0 saturated heterocycles. The number of hydrogen-bond donors (Lipinski definition) is 0. The Bertz CT molecular complexity index is 865. The molecule has 0 aromatic heterocycles. The van der Waals surface area contributed by atoms with E-state index in [1.165, 1.54) is 0 Å². The summed E-state index contributed by atoms with van der Waals surface area (Å²) in [5.41, 5.74) is 0. The molecule has 0 aliphatic carbocycles. The Balaban J connectivity index is 0.000000355. The van der Waals surface area contributed by atoms with Crippen LogP contribution in [0.25, 0.3) is 0 Å². The third kappa shape index (κ3) is 9.74. The molecule has 0 amide bonds. The lowest BCUT2D eigenvalue weighted by atomic mass is 10.4. The monoisotopic (exact) mass is 522 g/mol. The molecule has 0 radical (unpaired) electrons. The van der Waals surface area contributed by atoms with Gasteiger partial charge in [0.05, 0.1) is 5.19 Å². The van der Waals surface area contributed by atoms with Gasteiger partial charge in [0.2, 0.25) is 0 Å². The number of carbonyl (C=O) groups is 3. The summed E-state index contributed by atoms with van der Waals surface area (Å²) >= 11 is 0. The van der Waals surface area contributed by atoms with Crippen molar-refractivity contribution < 1.29 is 40.9 Å². The third-order valence-corrected chi connectivity index (χ3v) is 9.85. The van der Waals surface area contributed by atoms with Gasteiger partial charge in [-0.3, -0.25) is 14.4 Å². The van der Waals surface area contributed by atoms with E-state index in [1.54, 1.807) is 30.3 Å². The normalized spacial score (nSPS) is 11.0. The molecule has 0 fully saturated rings. The van der Waals surface area contributed by atoms with Crippen LogP contribution in [-0.2, 0) is 40.9 Å². The highest BCUT2D eigenvalue weighted by Gasteiger charge is 2.54. The Morgan fingerprint density at radius 3 is 1.09 bits per heavy atom. The van der Waals surface area contributed by atoms with Gasteiger partial charge in [0.25, 0.3) is 17.9 Å². The molecule has 0 unspecified atom stereocenters. The highest BCUT2D eigenvalue weighted by Crippen LogP contribution is 2.13. The highest BCUT2D eigenvalue weighted by atomic mass is 28.4. The van der Waals surface area contributed by atoms with Crippen LogP contribution in [0.15, 0.2) is 60.7 Å². The SMILES string of the molecule is CC(=O)O[Si](OC(C)=O)(OC(C)=O)c1ccccc1.CCO[Si](OCC)(OCC)c1ccccc1. The molecule has 2 rings (SSSR count). The maximum Gasteiger partial charge on any atom is 0.742 e. The molecule has 35 heavy (non-hydrogen) atoms. The van der Waals surface area contributed by atoms with E-state index in [-0.39, 0.29) is 0 Å². The van der Waals surface area contributed by atoms with Crippen LogP contribution in [-0.4, -0.2) is 55.3 Å². The molecule has 0 heterocycles. The minimum Gasteiger partial charge on any atom is -0.452 e. The molecule has 0 spiro atoms. The van der Waals surface area contributed by atoms with Crippen LogP contribution in [0, 0.1) is 0 Å². The topological polar surface area (TPSA) is 107 Å². The van der Waals surface area contributed by atoms with Gasteiger partial charge in [-0.1, -0.05) is 60.7 Å². The van der Waals surface area contributed by atoms with Gasteiger partial charge in [-0.2, -0.15) is 0 Å². The Labute approximate surface area is 209 Å². The molecule has 2 aromatic rings. The Kier molecular flexibility index (Phi) is 13.1. The van der Waals surface area contributed by atoms with Crippen molar-refractivity contribution >= 4 is 45.9 Å². The average Bonchev–Trinajstić information content (AvgIpc) is 2.80. The zero-order chi connectivity index (χ0) is 26.3. The fourth-order valence-electron chi connectivity index (χ4n) is 3.04. The fraction of sp³-hybridized carbons (Fsp3) is 0.375. The lowest BCUT2D eigenvalue weighted by Gasteiger charge is -2.28. The molecule has 192 valence electrons. The second-order valence-corrected chi connectivity index (χ2v) is 11.8. The molecule has 2 aromatic carbocycles. The summed E-state index contributed by atoms with van der Waals surface area (Å²) in [6.45, 7) is 11.1. The van der Waals surface area contributed by atoms with Crippen molar-refractivity contribution in [2.24, 2.45) is 0 Å². The van der Waals surface area contributed by atoms with Gasteiger partial charge in [0.1, 0.15) is 0 Å². The minimum atomic E-state index is -3.91. The van der Waals surface area contributed by atoms with Crippen molar-refractivity contribution in [1.29, 1.82) is 0 Å². The van der Waals surface area contributed by atoms with E-state index in [4.69, 9.17) is 26.6 Å². The van der Waals surface area contributed by atoms with Gasteiger partial charge in [-0.25, -0.2) is 0 Å². The molecule has 9 nitrogen and oxygen atoms in total. The van der Waals surface area contributed by atoms with Crippen molar-refractivity contribution in [3.63, 3.8) is 0 Å². The smallest absolute Gasteiger partial charge is 0.452 e. The number of benzene rings is 2. The molecule has 0 N–H and O–H groups in total. The summed E-state index contributed by atoms with van der Waals surface area (Å²) in [6.07, 6.45) is 0. The zero-order valence-corrected chi connectivity index (χ0v) is 23.1.